The fourth-order valence-corrected chi connectivity index (χ4v) is 2.44. The van der Waals surface area contributed by atoms with Crippen molar-refractivity contribution in [2.45, 2.75) is 13.8 Å². The van der Waals surface area contributed by atoms with Gasteiger partial charge in [0, 0.05) is 21.3 Å². The monoisotopic (exact) mass is 380 g/mol. The van der Waals surface area contributed by atoms with Gasteiger partial charge >= 0.3 is 0 Å². The lowest BCUT2D eigenvalue weighted by atomic mass is 10.2. The molecule has 0 aliphatic rings. The topological polar surface area (TPSA) is 50.2 Å². The van der Waals surface area contributed by atoms with Gasteiger partial charge in [0.25, 0.3) is 0 Å². The Hall–Kier alpha value is -2.53. The van der Waals surface area contributed by atoms with Crippen LogP contribution >= 0.6 is 15.9 Å². The molecule has 3 aromatic rings. The number of halogens is 1. The van der Waals surface area contributed by atoms with Crippen molar-refractivity contribution in [3.8, 4) is 11.4 Å². The van der Waals surface area contributed by atoms with E-state index in [1.54, 1.807) is 6.21 Å². The first kappa shape index (κ1) is 16.3. The van der Waals surface area contributed by atoms with E-state index in [2.05, 4.69) is 36.4 Å². The number of rotatable bonds is 4. The fraction of sp³-hybridized carbons (Fsp3) is 0.105. The summed E-state index contributed by atoms with van der Waals surface area (Å²) in [7, 11) is 0. The first-order chi connectivity index (χ1) is 11.6. The predicted octanol–water partition coefficient (Wildman–Crippen LogP) is 4.97. The summed E-state index contributed by atoms with van der Waals surface area (Å²) in [5.41, 5.74) is 6.96. The van der Waals surface area contributed by atoms with Crippen LogP contribution < -0.4 is 5.43 Å². The van der Waals surface area contributed by atoms with Crippen molar-refractivity contribution in [3.63, 3.8) is 0 Å². The van der Waals surface area contributed by atoms with Gasteiger partial charge in [-0.15, -0.1) is 0 Å². The van der Waals surface area contributed by atoms with E-state index in [-0.39, 0.29) is 0 Å². The molecule has 0 amide bonds. The van der Waals surface area contributed by atoms with Gasteiger partial charge in [0.05, 0.1) is 6.21 Å². The van der Waals surface area contributed by atoms with Crippen LogP contribution in [0.5, 0.6) is 0 Å². The van der Waals surface area contributed by atoms with E-state index < -0.39 is 0 Å². The quantitative estimate of drug-likeness (QED) is 0.513. The van der Waals surface area contributed by atoms with Crippen LogP contribution in [0.3, 0.4) is 0 Å². The van der Waals surface area contributed by atoms with Gasteiger partial charge in [-0.25, -0.2) is 9.97 Å². The highest BCUT2D eigenvalue weighted by Gasteiger charge is 2.08. The standard InChI is InChI=1S/C19H17BrN4/c1-13-14(2)22-19(16-6-4-3-5-7-16)23-18(13)24-21-12-15-8-10-17(20)11-9-15/h3-12H,1-2H3,(H,22,23,24)/b21-12-. The number of benzene rings is 2. The van der Waals surface area contributed by atoms with Gasteiger partial charge in [0.2, 0.25) is 0 Å². The molecule has 0 aliphatic carbocycles. The van der Waals surface area contributed by atoms with Crippen molar-refractivity contribution in [3.05, 3.63) is 75.9 Å². The fourth-order valence-electron chi connectivity index (χ4n) is 2.17. The highest BCUT2D eigenvalue weighted by atomic mass is 79.9. The molecule has 1 N–H and O–H groups in total. The van der Waals surface area contributed by atoms with Crippen LogP contribution in [-0.4, -0.2) is 16.2 Å². The number of aryl methyl sites for hydroxylation is 1. The molecular weight excluding hydrogens is 364 g/mol. The summed E-state index contributed by atoms with van der Waals surface area (Å²) in [6, 6.07) is 17.9. The number of hydrogen-bond acceptors (Lipinski definition) is 4. The number of aromatic nitrogens is 2. The molecule has 0 saturated heterocycles. The Morgan fingerprint density at radius 2 is 1.67 bits per heavy atom. The number of anilines is 1. The molecule has 0 aliphatic heterocycles. The van der Waals surface area contributed by atoms with Gasteiger partial charge in [-0.1, -0.05) is 58.4 Å². The molecule has 1 heterocycles. The van der Waals surface area contributed by atoms with Crippen molar-refractivity contribution >= 4 is 28.0 Å². The highest BCUT2D eigenvalue weighted by Crippen LogP contribution is 2.21. The molecule has 120 valence electrons. The third-order valence-corrected chi connectivity index (χ3v) is 4.20. The Morgan fingerprint density at radius 3 is 2.38 bits per heavy atom. The van der Waals surface area contributed by atoms with Gasteiger partial charge < -0.3 is 0 Å². The van der Waals surface area contributed by atoms with Crippen molar-refractivity contribution in [1.82, 2.24) is 9.97 Å². The molecule has 1 aromatic heterocycles. The van der Waals surface area contributed by atoms with Gasteiger partial charge in [0.15, 0.2) is 11.6 Å². The van der Waals surface area contributed by atoms with E-state index in [1.807, 2.05) is 68.4 Å². The molecule has 2 aromatic carbocycles. The minimum atomic E-state index is 0.694. The van der Waals surface area contributed by atoms with E-state index in [0.717, 1.165) is 32.7 Å². The Kier molecular flexibility index (Phi) is 5.01. The van der Waals surface area contributed by atoms with Gasteiger partial charge in [-0.05, 0) is 31.5 Å². The second-order valence-electron chi connectivity index (χ2n) is 5.39. The second-order valence-corrected chi connectivity index (χ2v) is 6.31. The molecular formula is C19H17BrN4. The summed E-state index contributed by atoms with van der Waals surface area (Å²) in [5, 5.41) is 4.30. The summed E-state index contributed by atoms with van der Waals surface area (Å²) in [5.74, 6) is 1.41. The summed E-state index contributed by atoms with van der Waals surface area (Å²) >= 11 is 3.42. The lowest BCUT2D eigenvalue weighted by Gasteiger charge is -2.09. The van der Waals surface area contributed by atoms with Crippen LogP contribution in [-0.2, 0) is 0 Å². The summed E-state index contributed by atoms with van der Waals surface area (Å²) in [6.07, 6.45) is 1.77. The van der Waals surface area contributed by atoms with Crippen molar-refractivity contribution in [2.75, 3.05) is 5.43 Å². The SMILES string of the molecule is Cc1nc(-c2ccccc2)nc(N/N=C\c2ccc(Br)cc2)c1C. The maximum Gasteiger partial charge on any atom is 0.161 e. The molecule has 24 heavy (non-hydrogen) atoms. The molecule has 5 heteroatoms. The molecule has 0 saturated carbocycles. The van der Waals surface area contributed by atoms with E-state index in [0.29, 0.717) is 5.82 Å². The van der Waals surface area contributed by atoms with Gasteiger partial charge in [0.1, 0.15) is 0 Å². The van der Waals surface area contributed by atoms with E-state index in [4.69, 9.17) is 0 Å². The first-order valence-corrected chi connectivity index (χ1v) is 8.38. The molecule has 0 bridgehead atoms. The van der Waals surface area contributed by atoms with Crippen LogP contribution in [0.15, 0.2) is 64.2 Å². The van der Waals surface area contributed by atoms with E-state index in [1.165, 1.54) is 0 Å². The number of hydrazone groups is 1. The third kappa shape index (κ3) is 3.86. The number of nitrogens with zero attached hydrogens (tertiary/aromatic N) is 3. The largest absolute Gasteiger partial charge is 0.261 e. The first-order valence-electron chi connectivity index (χ1n) is 7.59. The minimum absolute atomic E-state index is 0.694. The third-order valence-electron chi connectivity index (χ3n) is 3.68. The molecule has 0 atom stereocenters. The highest BCUT2D eigenvalue weighted by molar-refractivity contribution is 9.10. The Labute approximate surface area is 149 Å². The van der Waals surface area contributed by atoms with E-state index in [9.17, 15) is 0 Å². The maximum absolute atomic E-state index is 4.61. The summed E-state index contributed by atoms with van der Waals surface area (Å²) < 4.78 is 1.04. The average molecular weight is 381 g/mol. The Balaban J connectivity index is 1.85. The molecule has 0 spiro atoms. The van der Waals surface area contributed by atoms with Crippen LogP contribution in [0.1, 0.15) is 16.8 Å². The zero-order chi connectivity index (χ0) is 16.9. The zero-order valence-electron chi connectivity index (χ0n) is 13.5. The summed E-state index contributed by atoms with van der Waals surface area (Å²) in [6.45, 7) is 3.97. The number of hydrogen-bond donors (Lipinski definition) is 1. The molecule has 0 radical (unpaired) electrons. The van der Waals surface area contributed by atoms with Crippen molar-refractivity contribution in [1.29, 1.82) is 0 Å². The van der Waals surface area contributed by atoms with Crippen molar-refractivity contribution in [2.24, 2.45) is 5.10 Å². The minimum Gasteiger partial charge on any atom is -0.261 e. The second kappa shape index (κ2) is 7.36. The molecule has 0 unspecified atom stereocenters. The lowest BCUT2D eigenvalue weighted by Crippen LogP contribution is -2.03. The smallest absolute Gasteiger partial charge is 0.161 e. The van der Waals surface area contributed by atoms with E-state index >= 15 is 0 Å². The van der Waals surface area contributed by atoms with Crippen molar-refractivity contribution < 1.29 is 0 Å². The Bertz CT molecular complexity index is 859. The van der Waals surface area contributed by atoms with Crippen LogP contribution in [0.2, 0.25) is 0 Å². The Morgan fingerprint density at radius 1 is 0.958 bits per heavy atom. The lowest BCUT2D eigenvalue weighted by molar-refractivity contribution is 1.06. The maximum atomic E-state index is 4.61. The normalized spacial score (nSPS) is 11.0. The molecule has 3 rings (SSSR count). The average Bonchev–Trinajstić information content (AvgIpc) is 2.61. The van der Waals surface area contributed by atoms with Gasteiger partial charge in [-0.2, -0.15) is 5.10 Å². The predicted molar refractivity (Wildman–Crippen MR) is 102 cm³/mol. The molecule has 4 nitrogen and oxygen atoms in total. The van der Waals surface area contributed by atoms with Crippen LogP contribution in [0, 0.1) is 13.8 Å². The summed E-state index contributed by atoms with van der Waals surface area (Å²) in [4.78, 5) is 9.18. The zero-order valence-corrected chi connectivity index (χ0v) is 15.1. The van der Waals surface area contributed by atoms with Crippen LogP contribution in [0.25, 0.3) is 11.4 Å². The van der Waals surface area contributed by atoms with Crippen LogP contribution in [0.4, 0.5) is 5.82 Å². The molecule has 0 fully saturated rings. The number of nitrogens with one attached hydrogen (secondary N) is 1. The van der Waals surface area contributed by atoms with Gasteiger partial charge in [-0.3, -0.25) is 5.43 Å².